The number of hydrazone groups is 1. The van der Waals surface area contributed by atoms with Crippen molar-refractivity contribution < 1.29 is 18.9 Å². The van der Waals surface area contributed by atoms with Gasteiger partial charge in [0.1, 0.15) is 10.7 Å². The number of rotatable bonds is 9. The van der Waals surface area contributed by atoms with Gasteiger partial charge < -0.3 is 15.1 Å². The maximum absolute atomic E-state index is 11.8. The van der Waals surface area contributed by atoms with E-state index in [2.05, 4.69) is 21.2 Å². The first-order valence-corrected chi connectivity index (χ1v) is 9.99. The van der Waals surface area contributed by atoms with Crippen LogP contribution in [0, 0.1) is 10.1 Å². The van der Waals surface area contributed by atoms with Gasteiger partial charge in [0.25, 0.3) is 0 Å². The summed E-state index contributed by atoms with van der Waals surface area (Å²) in [6, 6.07) is 3.06. The fraction of sp³-hybridized carbons (Fsp3) is 0.471. The van der Waals surface area contributed by atoms with Crippen LogP contribution in [0.2, 0.25) is 0 Å². The molecule has 1 aromatic heterocycles. The molecule has 3 rings (SSSR count). The van der Waals surface area contributed by atoms with Gasteiger partial charge in [-0.25, -0.2) is 10.2 Å². The molecule has 0 aliphatic carbocycles. The highest BCUT2D eigenvalue weighted by atomic mass is 32.2. The summed E-state index contributed by atoms with van der Waals surface area (Å²) in [5.41, 5.74) is 2.43. The van der Waals surface area contributed by atoms with Gasteiger partial charge in [0.15, 0.2) is 0 Å². The van der Waals surface area contributed by atoms with Gasteiger partial charge >= 0.3 is 11.9 Å². The number of hydrogen-bond donors (Lipinski definition) is 3. The third-order valence-electron chi connectivity index (χ3n) is 4.48. The number of thioether (sulfide) groups is 1. The zero-order valence-electron chi connectivity index (χ0n) is 15.0. The van der Waals surface area contributed by atoms with E-state index in [0.717, 1.165) is 25.0 Å². The lowest BCUT2D eigenvalue weighted by molar-refractivity contribution is -0.402. The maximum Gasteiger partial charge on any atom is 0.433 e. The molecule has 10 nitrogen and oxygen atoms in total. The molecule has 0 spiro atoms. The van der Waals surface area contributed by atoms with Crippen LogP contribution in [0.5, 0.6) is 0 Å². The summed E-state index contributed by atoms with van der Waals surface area (Å²) in [6.45, 7) is 0. The molecule has 2 unspecified atom stereocenters. The van der Waals surface area contributed by atoms with Crippen molar-refractivity contribution in [3.63, 3.8) is 0 Å². The minimum Gasteiger partial charge on any atom is -0.401 e. The van der Waals surface area contributed by atoms with Gasteiger partial charge in [0.2, 0.25) is 5.91 Å². The van der Waals surface area contributed by atoms with Gasteiger partial charge in [0.05, 0.1) is 18.2 Å². The number of allylic oxidation sites excluding steroid dienone is 1. The molecule has 0 bridgehead atoms. The summed E-state index contributed by atoms with van der Waals surface area (Å²) >= 11 is 1.86. The SMILES string of the molecule is O=C(CCCC[C@@H]1SCC2NC(=O)NC21)NN=CC=Cc1ccc([N+](=O)[O-])o1. The lowest BCUT2D eigenvalue weighted by Gasteiger charge is -2.16. The van der Waals surface area contributed by atoms with E-state index in [1.165, 1.54) is 30.5 Å². The number of fused-ring (bicyclic) bond motifs is 1. The Bertz CT molecular complexity index is 793. The van der Waals surface area contributed by atoms with Gasteiger partial charge in [-0.05, 0) is 31.1 Å². The van der Waals surface area contributed by atoms with Gasteiger partial charge in [-0.3, -0.25) is 14.9 Å². The Labute approximate surface area is 165 Å². The number of carbonyl (C=O) groups excluding carboxylic acids is 2. The summed E-state index contributed by atoms with van der Waals surface area (Å²) in [5.74, 6) is 0.751. The number of nitro groups is 1. The normalized spacial score (nSPS) is 23.7. The molecule has 28 heavy (non-hydrogen) atoms. The summed E-state index contributed by atoms with van der Waals surface area (Å²) in [7, 11) is 0. The summed E-state index contributed by atoms with van der Waals surface area (Å²) in [4.78, 5) is 33.0. The largest absolute Gasteiger partial charge is 0.433 e. The molecule has 2 aliphatic heterocycles. The van der Waals surface area contributed by atoms with Gasteiger partial charge in [-0.1, -0.05) is 6.42 Å². The number of hydrogen-bond acceptors (Lipinski definition) is 7. The quantitative estimate of drug-likeness (QED) is 0.188. The number of carbonyl (C=O) groups is 2. The standard InChI is InChI=1S/C17H21N5O5S/c23-14(21-18-9-3-4-11-7-8-15(27-11)22(25)26)6-2-1-5-13-16-12(10-28-13)19-17(24)20-16/h3-4,7-9,12-13,16H,1-2,5-6,10H2,(H,21,23)(H2,19,20,24)/t12?,13-,16?/m0/s1. The minimum absolute atomic E-state index is 0.0862. The Morgan fingerprint density at radius 3 is 3.07 bits per heavy atom. The average molecular weight is 407 g/mol. The second-order valence-corrected chi connectivity index (χ2v) is 7.75. The Balaban J connectivity index is 1.28. The molecule has 3 amide bonds. The van der Waals surface area contributed by atoms with E-state index in [9.17, 15) is 19.7 Å². The lowest BCUT2D eigenvalue weighted by atomic mass is 10.0. The second-order valence-electron chi connectivity index (χ2n) is 6.47. The number of urea groups is 1. The topological polar surface area (TPSA) is 139 Å². The molecule has 11 heteroatoms. The van der Waals surface area contributed by atoms with Crippen molar-refractivity contribution in [3.8, 4) is 0 Å². The van der Waals surface area contributed by atoms with Crippen LogP contribution in [0.3, 0.4) is 0 Å². The molecule has 0 aromatic carbocycles. The Hall–Kier alpha value is -2.82. The molecule has 3 atom stereocenters. The van der Waals surface area contributed by atoms with Crippen LogP contribution in [0.1, 0.15) is 31.4 Å². The molecule has 3 heterocycles. The maximum atomic E-state index is 11.8. The fourth-order valence-electron chi connectivity index (χ4n) is 3.15. The molecular formula is C17H21N5O5S. The summed E-state index contributed by atoms with van der Waals surface area (Å²) < 4.78 is 4.95. The highest BCUT2D eigenvalue weighted by Gasteiger charge is 2.42. The first-order chi connectivity index (χ1) is 13.5. The number of nitrogens with one attached hydrogen (secondary N) is 3. The van der Waals surface area contributed by atoms with Crippen LogP contribution in [0.4, 0.5) is 10.7 Å². The van der Waals surface area contributed by atoms with Gasteiger partial charge in [-0.15, -0.1) is 0 Å². The Morgan fingerprint density at radius 1 is 1.43 bits per heavy atom. The van der Waals surface area contributed by atoms with E-state index in [-0.39, 0.29) is 29.9 Å². The van der Waals surface area contributed by atoms with Crippen molar-refractivity contribution in [2.75, 3.05) is 5.75 Å². The third-order valence-corrected chi connectivity index (χ3v) is 5.99. The highest BCUT2D eigenvalue weighted by Crippen LogP contribution is 2.33. The molecular weight excluding hydrogens is 386 g/mol. The lowest BCUT2D eigenvalue weighted by Crippen LogP contribution is -2.36. The number of amides is 3. The van der Waals surface area contributed by atoms with Crippen LogP contribution < -0.4 is 16.1 Å². The summed E-state index contributed by atoms with van der Waals surface area (Å²) in [5, 5.41) is 20.6. The second kappa shape index (κ2) is 9.40. The van der Waals surface area contributed by atoms with Crippen molar-refractivity contribution in [1.82, 2.24) is 16.1 Å². The third kappa shape index (κ3) is 5.35. The molecule has 2 fully saturated rings. The first kappa shape index (κ1) is 19.9. The first-order valence-electron chi connectivity index (χ1n) is 8.94. The molecule has 1 aromatic rings. The number of furan rings is 1. The van der Waals surface area contributed by atoms with E-state index < -0.39 is 4.92 Å². The fourth-order valence-corrected chi connectivity index (χ4v) is 4.69. The molecule has 150 valence electrons. The van der Waals surface area contributed by atoms with Crippen LogP contribution >= 0.6 is 11.8 Å². The number of nitrogens with zero attached hydrogens (tertiary/aromatic N) is 2. The summed E-state index contributed by atoms with van der Waals surface area (Å²) in [6.07, 6.45) is 7.39. The predicted octanol–water partition coefficient (Wildman–Crippen LogP) is 2.03. The van der Waals surface area contributed by atoms with Crippen LogP contribution in [-0.4, -0.2) is 46.2 Å². The molecule has 2 aliphatic rings. The van der Waals surface area contributed by atoms with Crippen molar-refractivity contribution in [3.05, 3.63) is 34.1 Å². The van der Waals surface area contributed by atoms with E-state index in [1.54, 1.807) is 0 Å². The van der Waals surface area contributed by atoms with Crippen molar-refractivity contribution in [1.29, 1.82) is 0 Å². The van der Waals surface area contributed by atoms with Crippen molar-refractivity contribution >= 4 is 41.9 Å². The predicted molar refractivity (Wildman–Crippen MR) is 105 cm³/mol. The Morgan fingerprint density at radius 2 is 2.29 bits per heavy atom. The molecule has 0 radical (unpaired) electrons. The zero-order valence-corrected chi connectivity index (χ0v) is 15.8. The van der Waals surface area contributed by atoms with Crippen LogP contribution in [-0.2, 0) is 4.79 Å². The number of unbranched alkanes of at least 4 members (excludes halogenated alkanes) is 1. The van der Waals surface area contributed by atoms with Gasteiger partial charge in [0, 0.05) is 23.6 Å². The van der Waals surface area contributed by atoms with Crippen LogP contribution in [0.15, 0.2) is 27.7 Å². The van der Waals surface area contributed by atoms with Gasteiger partial charge in [-0.2, -0.15) is 16.9 Å². The highest BCUT2D eigenvalue weighted by molar-refractivity contribution is 8.00. The monoisotopic (exact) mass is 407 g/mol. The minimum atomic E-state index is -0.615. The smallest absolute Gasteiger partial charge is 0.401 e. The van der Waals surface area contributed by atoms with Crippen molar-refractivity contribution in [2.45, 2.75) is 43.0 Å². The molecule has 0 saturated carbocycles. The molecule has 2 saturated heterocycles. The van der Waals surface area contributed by atoms with E-state index in [4.69, 9.17) is 4.42 Å². The average Bonchev–Trinajstić information content (AvgIpc) is 3.35. The van der Waals surface area contributed by atoms with Crippen molar-refractivity contribution in [2.24, 2.45) is 5.10 Å². The zero-order chi connectivity index (χ0) is 19.9. The van der Waals surface area contributed by atoms with E-state index in [0.29, 0.717) is 17.4 Å². The van der Waals surface area contributed by atoms with Crippen LogP contribution in [0.25, 0.3) is 6.08 Å². The van der Waals surface area contributed by atoms with E-state index in [1.807, 2.05) is 11.8 Å². The Kier molecular flexibility index (Phi) is 6.69. The van der Waals surface area contributed by atoms with E-state index >= 15 is 0 Å². The molecule has 3 N–H and O–H groups in total.